The van der Waals surface area contributed by atoms with E-state index in [4.69, 9.17) is 10.5 Å². The van der Waals surface area contributed by atoms with Crippen LogP contribution < -0.4 is 10.5 Å². The first-order chi connectivity index (χ1) is 9.91. The minimum Gasteiger partial charge on any atom is -0.495 e. The third kappa shape index (κ3) is 3.23. The molecule has 2 rings (SSSR count). The molecule has 0 amide bonds. The Morgan fingerprint density at radius 3 is 2.81 bits per heavy atom. The van der Waals surface area contributed by atoms with E-state index in [0.717, 1.165) is 25.3 Å². The molecule has 1 unspecified atom stereocenters. The molecule has 118 valence electrons. The molecule has 1 aliphatic rings. The van der Waals surface area contributed by atoms with Gasteiger partial charge in [0.1, 0.15) is 16.5 Å². The van der Waals surface area contributed by atoms with Crippen LogP contribution in [0, 0.1) is 5.82 Å². The van der Waals surface area contributed by atoms with Crippen LogP contribution in [0.4, 0.5) is 4.39 Å². The first kappa shape index (κ1) is 16.7. The van der Waals surface area contributed by atoms with E-state index in [1.807, 2.05) is 0 Å². The van der Waals surface area contributed by atoms with Crippen molar-refractivity contribution in [2.24, 2.45) is 5.73 Å². The van der Waals surface area contributed by atoms with Crippen molar-refractivity contribution in [3.05, 3.63) is 22.4 Å². The summed E-state index contributed by atoms with van der Waals surface area (Å²) in [4.78, 5) is -0.161. The van der Waals surface area contributed by atoms with E-state index in [0.29, 0.717) is 6.54 Å². The zero-order valence-corrected chi connectivity index (χ0v) is 14.1. The van der Waals surface area contributed by atoms with E-state index in [9.17, 15) is 12.8 Å². The van der Waals surface area contributed by atoms with Gasteiger partial charge in [-0.2, -0.15) is 4.31 Å². The molecule has 0 saturated carbocycles. The van der Waals surface area contributed by atoms with Gasteiger partial charge in [-0.15, -0.1) is 0 Å². The number of nitrogens with zero attached hydrogens (tertiary/aromatic N) is 1. The van der Waals surface area contributed by atoms with Crippen LogP contribution >= 0.6 is 15.9 Å². The third-order valence-corrected chi connectivity index (χ3v) is 6.22. The molecule has 0 bridgehead atoms. The number of methoxy groups -OCH3 is 1. The average Bonchev–Trinajstić information content (AvgIpc) is 2.49. The van der Waals surface area contributed by atoms with E-state index < -0.39 is 15.8 Å². The van der Waals surface area contributed by atoms with Gasteiger partial charge in [-0.25, -0.2) is 12.8 Å². The molecule has 1 atom stereocenters. The number of rotatable bonds is 4. The number of benzene rings is 1. The number of hydrogen-bond acceptors (Lipinski definition) is 4. The zero-order chi connectivity index (χ0) is 15.6. The Hall–Kier alpha value is -0.700. The second-order valence-electron chi connectivity index (χ2n) is 4.92. The van der Waals surface area contributed by atoms with Gasteiger partial charge in [0, 0.05) is 19.1 Å². The van der Waals surface area contributed by atoms with Crippen molar-refractivity contribution < 1.29 is 17.5 Å². The maximum Gasteiger partial charge on any atom is 0.247 e. The van der Waals surface area contributed by atoms with Crippen LogP contribution in [0.1, 0.15) is 19.3 Å². The molecular weight excluding hydrogens is 363 g/mol. The minimum absolute atomic E-state index is 0.115. The highest BCUT2D eigenvalue weighted by Crippen LogP contribution is 2.34. The maximum absolute atomic E-state index is 13.8. The fraction of sp³-hybridized carbons (Fsp3) is 0.538. The topological polar surface area (TPSA) is 72.6 Å². The summed E-state index contributed by atoms with van der Waals surface area (Å²) in [5.74, 6) is -0.527. The maximum atomic E-state index is 13.8. The summed E-state index contributed by atoms with van der Waals surface area (Å²) in [5, 5.41) is 0. The number of ether oxygens (including phenoxy) is 1. The standard InChI is InChI=1S/C13H18BrFN2O3S/c1-20-12-6-10(14)11(15)7-13(12)21(18,19)17-5-3-2-4-9(17)8-16/h6-7,9H,2-5,8,16H2,1H3. The highest BCUT2D eigenvalue weighted by molar-refractivity contribution is 9.10. The van der Waals surface area contributed by atoms with E-state index in [-0.39, 0.29) is 27.7 Å². The van der Waals surface area contributed by atoms with E-state index >= 15 is 0 Å². The SMILES string of the molecule is COc1cc(Br)c(F)cc1S(=O)(=O)N1CCCCC1CN. The molecule has 1 fully saturated rings. The lowest BCUT2D eigenvalue weighted by Crippen LogP contribution is -2.47. The quantitative estimate of drug-likeness (QED) is 0.867. The molecule has 1 saturated heterocycles. The molecular formula is C13H18BrFN2O3S. The highest BCUT2D eigenvalue weighted by Gasteiger charge is 2.35. The number of piperidine rings is 1. The predicted molar refractivity (Wildman–Crippen MR) is 81.2 cm³/mol. The summed E-state index contributed by atoms with van der Waals surface area (Å²) in [6.45, 7) is 0.644. The fourth-order valence-corrected chi connectivity index (χ4v) is 4.70. The molecule has 1 heterocycles. The van der Waals surface area contributed by atoms with Crippen LogP contribution in [0.5, 0.6) is 5.75 Å². The molecule has 0 radical (unpaired) electrons. The van der Waals surface area contributed by atoms with Crippen molar-refractivity contribution in [3.8, 4) is 5.75 Å². The number of sulfonamides is 1. The minimum atomic E-state index is -3.84. The van der Waals surface area contributed by atoms with Crippen molar-refractivity contribution in [2.75, 3.05) is 20.2 Å². The van der Waals surface area contributed by atoms with Gasteiger partial charge in [0.05, 0.1) is 11.6 Å². The van der Waals surface area contributed by atoms with Crippen LogP contribution in [0.2, 0.25) is 0 Å². The van der Waals surface area contributed by atoms with E-state index in [1.54, 1.807) is 0 Å². The Kier molecular flexibility index (Phi) is 5.24. The summed E-state index contributed by atoms with van der Waals surface area (Å²) in [5.41, 5.74) is 5.67. The van der Waals surface area contributed by atoms with Crippen LogP contribution in [-0.2, 0) is 10.0 Å². The van der Waals surface area contributed by atoms with Crippen molar-refractivity contribution in [1.29, 1.82) is 0 Å². The third-order valence-electron chi connectivity index (χ3n) is 3.64. The number of halogens is 2. The zero-order valence-electron chi connectivity index (χ0n) is 11.7. The normalized spacial score (nSPS) is 20.5. The molecule has 5 nitrogen and oxygen atoms in total. The smallest absolute Gasteiger partial charge is 0.247 e. The Labute approximate surface area is 132 Å². The first-order valence-electron chi connectivity index (χ1n) is 6.66. The second kappa shape index (κ2) is 6.60. The van der Waals surface area contributed by atoms with Crippen LogP contribution in [0.25, 0.3) is 0 Å². The lowest BCUT2D eigenvalue weighted by Gasteiger charge is -2.34. The predicted octanol–water partition coefficient (Wildman–Crippen LogP) is 2.10. The summed E-state index contributed by atoms with van der Waals surface area (Å²) < 4.78 is 46.0. The Balaban J connectivity index is 2.50. The largest absolute Gasteiger partial charge is 0.495 e. The molecule has 1 aromatic carbocycles. The van der Waals surface area contributed by atoms with Crippen molar-refractivity contribution >= 4 is 26.0 Å². The molecule has 21 heavy (non-hydrogen) atoms. The molecule has 2 N–H and O–H groups in total. The molecule has 0 aromatic heterocycles. The lowest BCUT2D eigenvalue weighted by atomic mass is 10.1. The molecule has 1 aliphatic heterocycles. The van der Waals surface area contributed by atoms with E-state index in [2.05, 4.69) is 15.9 Å². The molecule has 8 heteroatoms. The summed E-state index contributed by atoms with van der Waals surface area (Å²) in [7, 11) is -2.48. The summed E-state index contributed by atoms with van der Waals surface area (Å²) in [6.07, 6.45) is 2.44. The van der Waals surface area contributed by atoms with Gasteiger partial charge < -0.3 is 10.5 Å². The first-order valence-corrected chi connectivity index (χ1v) is 8.90. The summed E-state index contributed by atoms with van der Waals surface area (Å²) in [6, 6.07) is 2.06. The van der Waals surface area contributed by atoms with Crippen molar-refractivity contribution in [3.63, 3.8) is 0 Å². The summed E-state index contributed by atoms with van der Waals surface area (Å²) >= 11 is 3.03. The van der Waals surface area contributed by atoms with Crippen molar-refractivity contribution in [1.82, 2.24) is 4.31 Å². The second-order valence-corrected chi connectivity index (χ2v) is 7.63. The van der Waals surface area contributed by atoms with Crippen LogP contribution in [-0.4, -0.2) is 39.0 Å². The Morgan fingerprint density at radius 1 is 1.48 bits per heavy atom. The highest BCUT2D eigenvalue weighted by atomic mass is 79.9. The molecule has 0 aliphatic carbocycles. The number of hydrogen-bond donors (Lipinski definition) is 1. The average molecular weight is 381 g/mol. The van der Waals surface area contributed by atoms with Gasteiger partial charge in [-0.3, -0.25) is 0 Å². The van der Waals surface area contributed by atoms with Gasteiger partial charge >= 0.3 is 0 Å². The molecule has 0 spiro atoms. The van der Waals surface area contributed by atoms with Crippen LogP contribution in [0.3, 0.4) is 0 Å². The van der Waals surface area contributed by atoms with Gasteiger partial charge in [-0.05, 0) is 40.9 Å². The van der Waals surface area contributed by atoms with Crippen molar-refractivity contribution in [2.45, 2.75) is 30.2 Å². The van der Waals surface area contributed by atoms with E-state index in [1.165, 1.54) is 17.5 Å². The van der Waals surface area contributed by atoms with Gasteiger partial charge in [0.25, 0.3) is 0 Å². The van der Waals surface area contributed by atoms with Gasteiger partial charge in [-0.1, -0.05) is 6.42 Å². The van der Waals surface area contributed by atoms with Gasteiger partial charge in [0.15, 0.2) is 0 Å². The number of nitrogens with two attached hydrogens (primary N) is 1. The fourth-order valence-electron chi connectivity index (χ4n) is 2.52. The van der Waals surface area contributed by atoms with Crippen LogP contribution in [0.15, 0.2) is 21.5 Å². The monoisotopic (exact) mass is 380 g/mol. The molecule has 1 aromatic rings. The van der Waals surface area contributed by atoms with Gasteiger partial charge in [0.2, 0.25) is 10.0 Å². The lowest BCUT2D eigenvalue weighted by molar-refractivity contribution is 0.256. The Morgan fingerprint density at radius 2 is 2.19 bits per heavy atom. The Bertz CT molecular complexity index is 624.